The van der Waals surface area contributed by atoms with Gasteiger partial charge in [0.25, 0.3) is 11.5 Å². The number of nitrogens with zero attached hydrogens (tertiary/aromatic N) is 4. The predicted molar refractivity (Wildman–Crippen MR) is 111 cm³/mol. The van der Waals surface area contributed by atoms with Gasteiger partial charge in [0.05, 0.1) is 11.9 Å². The molecule has 0 unspecified atom stereocenters. The highest BCUT2D eigenvalue weighted by molar-refractivity contribution is 5.94. The maximum atomic E-state index is 12.7. The van der Waals surface area contributed by atoms with Gasteiger partial charge in [0, 0.05) is 44.9 Å². The second kappa shape index (κ2) is 7.92. The Balaban J connectivity index is 1.97. The number of hydrogen-bond donors (Lipinski definition) is 4. The third-order valence-corrected chi connectivity index (χ3v) is 4.51. The van der Waals surface area contributed by atoms with Crippen LogP contribution in [0.2, 0.25) is 0 Å². The van der Waals surface area contributed by atoms with Crippen molar-refractivity contribution in [2.24, 2.45) is 12.5 Å². The first kappa shape index (κ1) is 20.3. The van der Waals surface area contributed by atoms with Crippen LogP contribution in [0.3, 0.4) is 0 Å². The monoisotopic (exact) mass is 399 g/mol. The number of anilines is 3. The molecule has 3 aromatic rings. The van der Waals surface area contributed by atoms with Gasteiger partial charge in [-0.3, -0.25) is 9.59 Å². The summed E-state index contributed by atoms with van der Waals surface area (Å²) < 4.78 is 2.88. The summed E-state index contributed by atoms with van der Waals surface area (Å²) in [4.78, 5) is 29.2. The number of aryl methyl sites for hydroxylation is 1. The molecule has 0 saturated heterocycles. The Hall–Kier alpha value is -3.40. The normalized spacial score (nSPS) is 11.5. The van der Waals surface area contributed by atoms with Crippen LogP contribution in [0, 0.1) is 5.41 Å². The Labute approximate surface area is 167 Å². The van der Waals surface area contributed by atoms with Crippen LogP contribution >= 0.6 is 0 Å². The van der Waals surface area contributed by atoms with Crippen LogP contribution in [-0.4, -0.2) is 50.4 Å². The van der Waals surface area contributed by atoms with Crippen LogP contribution in [0.15, 0.2) is 35.4 Å². The SMILES string of the molecule is CNc1cc(Nc2cccn(C)c2=O)nn2c(C(=O)NCC(C)(C)CO)cnc12. The summed E-state index contributed by atoms with van der Waals surface area (Å²) in [6, 6.07) is 5.12. The maximum absolute atomic E-state index is 12.7. The molecule has 0 aromatic carbocycles. The van der Waals surface area contributed by atoms with Crippen molar-refractivity contribution in [1.29, 1.82) is 0 Å². The van der Waals surface area contributed by atoms with Gasteiger partial charge in [0.2, 0.25) is 0 Å². The molecular weight excluding hydrogens is 374 g/mol. The molecule has 10 nitrogen and oxygen atoms in total. The third kappa shape index (κ3) is 4.21. The Morgan fingerprint density at radius 2 is 2.07 bits per heavy atom. The van der Waals surface area contributed by atoms with Gasteiger partial charge in [0.15, 0.2) is 17.2 Å². The molecule has 0 aliphatic heterocycles. The summed E-state index contributed by atoms with van der Waals surface area (Å²) in [5, 5.41) is 22.6. The molecule has 0 aliphatic carbocycles. The van der Waals surface area contributed by atoms with Crippen molar-refractivity contribution in [3.05, 3.63) is 46.6 Å². The van der Waals surface area contributed by atoms with Crippen LogP contribution < -0.4 is 21.5 Å². The second-order valence-electron chi connectivity index (χ2n) is 7.54. The molecule has 0 spiro atoms. The lowest BCUT2D eigenvalue weighted by atomic mass is 9.95. The zero-order chi connectivity index (χ0) is 21.2. The Morgan fingerprint density at radius 3 is 2.76 bits per heavy atom. The molecule has 3 heterocycles. The highest BCUT2D eigenvalue weighted by atomic mass is 16.3. The van der Waals surface area contributed by atoms with Crippen LogP contribution in [0.1, 0.15) is 24.3 Å². The first-order valence-electron chi connectivity index (χ1n) is 9.14. The minimum absolute atomic E-state index is 0.0529. The van der Waals surface area contributed by atoms with Crippen molar-refractivity contribution in [2.45, 2.75) is 13.8 Å². The van der Waals surface area contributed by atoms with E-state index in [1.54, 1.807) is 38.5 Å². The molecule has 0 saturated carbocycles. The summed E-state index contributed by atoms with van der Waals surface area (Å²) in [6.07, 6.45) is 3.10. The average molecular weight is 399 g/mol. The molecule has 0 atom stereocenters. The van der Waals surface area contributed by atoms with Crippen LogP contribution in [-0.2, 0) is 7.05 Å². The van der Waals surface area contributed by atoms with E-state index in [-0.39, 0.29) is 23.8 Å². The number of aliphatic hydroxyl groups is 1. The standard InChI is InChI=1S/C19H25N7O3/c1-19(2,11-27)10-22-17(28)14-9-21-16-13(20-3)8-15(24-26(14)16)23-12-6-5-7-25(4)18(12)29/h5-9,20,27H,10-11H2,1-4H3,(H,22,28)(H,23,24). The molecule has 154 valence electrons. The molecule has 0 radical (unpaired) electrons. The van der Waals surface area contributed by atoms with Gasteiger partial charge in [-0.1, -0.05) is 13.8 Å². The van der Waals surface area contributed by atoms with Crippen molar-refractivity contribution in [3.63, 3.8) is 0 Å². The summed E-state index contributed by atoms with van der Waals surface area (Å²) in [5.41, 5.74) is 1.08. The largest absolute Gasteiger partial charge is 0.396 e. The molecule has 10 heteroatoms. The van der Waals surface area contributed by atoms with Crippen LogP contribution in [0.25, 0.3) is 5.65 Å². The van der Waals surface area contributed by atoms with Gasteiger partial charge in [-0.25, -0.2) is 9.50 Å². The van der Waals surface area contributed by atoms with Crippen molar-refractivity contribution < 1.29 is 9.90 Å². The number of aliphatic hydroxyl groups excluding tert-OH is 1. The minimum Gasteiger partial charge on any atom is -0.396 e. The number of carbonyl (C=O) groups excluding carboxylic acids is 1. The molecule has 29 heavy (non-hydrogen) atoms. The van der Waals surface area contributed by atoms with Crippen molar-refractivity contribution >= 4 is 28.7 Å². The van der Waals surface area contributed by atoms with E-state index in [9.17, 15) is 14.7 Å². The van der Waals surface area contributed by atoms with E-state index >= 15 is 0 Å². The van der Waals surface area contributed by atoms with Crippen molar-refractivity contribution in [3.8, 4) is 0 Å². The van der Waals surface area contributed by atoms with Gasteiger partial charge in [-0.2, -0.15) is 0 Å². The van der Waals surface area contributed by atoms with E-state index in [2.05, 4.69) is 26.0 Å². The van der Waals surface area contributed by atoms with Crippen molar-refractivity contribution in [1.82, 2.24) is 24.5 Å². The maximum Gasteiger partial charge on any atom is 0.274 e. The molecule has 1 amide bonds. The quantitative estimate of drug-likeness (QED) is 0.466. The molecular formula is C19H25N7O3. The number of imidazole rings is 1. The number of hydrogen-bond acceptors (Lipinski definition) is 7. The van der Waals surface area contributed by atoms with Gasteiger partial charge >= 0.3 is 0 Å². The number of fused-ring (bicyclic) bond motifs is 1. The lowest BCUT2D eigenvalue weighted by molar-refractivity contribution is 0.0904. The van der Waals surface area contributed by atoms with E-state index in [1.807, 2.05) is 13.8 Å². The lowest BCUT2D eigenvalue weighted by Crippen LogP contribution is -2.36. The Bertz CT molecular complexity index is 1100. The molecule has 3 rings (SSSR count). The Morgan fingerprint density at radius 1 is 1.31 bits per heavy atom. The number of nitrogens with one attached hydrogen (secondary N) is 3. The van der Waals surface area contributed by atoms with Gasteiger partial charge < -0.3 is 25.6 Å². The fraction of sp³-hybridized carbons (Fsp3) is 0.368. The van der Waals surface area contributed by atoms with Crippen molar-refractivity contribution in [2.75, 3.05) is 30.8 Å². The van der Waals surface area contributed by atoms with E-state index in [4.69, 9.17) is 0 Å². The van der Waals surface area contributed by atoms with Gasteiger partial charge in [0.1, 0.15) is 5.69 Å². The average Bonchev–Trinajstić information content (AvgIpc) is 3.13. The highest BCUT2D eigenvalue weighted by Gasteiger charge is 2.21. The molecule has 0 aliphatic rings. The van der Waals surface area contributed by atoms with E-state index in [0.717, 1.165) is 0 Å². The van der Waals surface area contributed by atoms with Crippen LogP contribution in [0.5, 0.6) is 0 Å². The topological polar surface area (TPSA) is 126 Å². The first-order chi connectivity index (χ1) is 13.8. The third-order valence-electron chi connectivity index (χ3n) is 4.51. The number of rotatable bonds is 7. The smallest absolute Gasteiger partial charge is 0.274 e. The Kier molecular flexibility index (Phi) is 5.55. The molecule has 0 bridgehead atoms. The number of pyridine rings is 1. The molecule has 4 N–H and O–H groups in total. The zero-order valence-corrected chi connectivity index (χ0v) is 16.9. The lowest BCUT2D eigenvalue weighted by Gasteiger charge is -2.21. The minimum atomic E-state index is -0.445. The number of carbonyl (C=O) groups is 1. The molecule has 0 fully saturated rings. The summed E-state index contributed by atoms with van der Waals surface area (Å²) in [5.74, 6) is 0.0224. The fourth-order valence-corrected chi connectivity index (χ4v) is 2.66. The highest BCUT2D eigenvalue weighted by Crippen LogP contribution is 2.21. The number of amides is 1. The summed E-state index contributed by atoms with van der Waals surface area (Å²) >= 11 is 0. The van der Waals surface area contributed by atoms with E-state index < -0.39 is 5.41 Å². The number of aromatic nitrogens is 4. The van der Waals surface area contributed by atoms with E-state index in [1.165, 1.54) is 15.3 Å². The fourth-order valence-electron chi connectivity index (χ4n) is 2.66. The zero-order valence-electron chi connectivity index (χ0n) is 16.9. The van der Waals surface area contributed by atoms with Gasteiger partial charge in [-0.05, 0) is 12.1 Å². The first-order valence-corrected chi connectivity index (χ1v) is 9.14. The van der Waals surface area contributed by atoms with E-state index in [0.29, 0.717) is 29.4 Å². The van der Waals surface area contributed by atoms with Crippen LogP contribution in [0.4, 0.5) is 17.2 Å². The second-order valence-corrected chi connectivity index (χ2v) is 7.54. The van der Waals surface area contributed by atoms with Gasteiger partial charge in [-0.15, -0.1) is 5.10 Å². The summed E-state index contributed by atoms with van der Waals surface area (Å²) in [6.45, 7) is 3.94. The summed E-state index contributed by atoms with van der Waals surface area (Å²) in [7, 11) is 3.40. The molecule has 3 aromatic heterocycles. The predicted octanol–water partition coefficient (Wildman–Crippen LogP) is 0.962.